The topological polar surface area (TPSA) is 61.7 Å². The van der Waals surface area contributed by atoms with Crippen molar-refractivity contribution >= 4 is 28.9 Å². The number of nitrogens with zero attached hydrogens (tertiary/aromatic N) is 1. The van der Waals surface area contributed by atoms with Gasteiger partial charge >= 0.3 is 0 Å². The summed E-state index contributed by atoms with van der Waals surface area (Å²) >= 11 is 1.40. The van der Waals surface area contributed by atoms with Crippen LogP contribution in [0.25, 0.3) is 6.08 Å². The Morgan fingerprint density at radius 3 is 2.55 bits per heavy atom. The first-order chi connectivity index (χ1) is 10.5. The minimum absolute atomic E-state index is 0.0925. The van der Waals surface area contributed by atoms with Crippen LogP contribution in [0.3, 0.4) is 0 Å². The molecule has 1 saturated heterocycles. The Labute approximate surface area is 134 Å². The first-order valence-electron chi connectivity index (χ1n) is 7.62. The zero-order valence-electron chi connectivity index (χ0n) is 12.8. The molecule has 0 bridgehead atoms. The highest BCUT2D eigenvalue weighted by atomic mass is 32.2. The number of thioether (sulfide) groups is 1. The molecule has 1 aromatic rings. The van der Waals surface area contributed by atoms with Crippen LogP contribution in [0, 0.1) is 13.8 Å². The summed E-state index contributed by atoms with van der Waals surface area (Å²) in [6.45, 7) is 3.72. The minimum atomic E-state index is -0.0925. The second-order valence-electron chi connectivity index (χ2n) is 5.94. The number of carbonyl (C=O) groups excluding carboxylic acids is 1. The van der Waals surface area contributed by atoms with E-state index in [0.717, 1.165) is 34.7 Å². The van der Waals surface area contributed by atoms with Gasteiger partial charge < -0.3 is 10.4 Å². The van der Waals surface area contributed by atoms with Gasteiger partial charge in [-0.3, -0.25) is 9.79 Å². The maximum atomic E-state index is 12.1. The van der Waals surface area contributed by atoms with Crippen LogP contribution < -0.4 is 5.32 Å². The number of phenolic OH excluding ortho intramolecular Hbond substituents is 1. The van der Waals surface area contributed by atoms with Crippen molar-refractivity contribution in [1.82, 2.24) is 5.32 Å². The molecule has 3 rings (SSSR count). The van der Waals surface area contributed by atoms with Crippen molar-refractivity contribution in [2.75, 3.05) is 0 Å². The van der Waals surface area contributed by atoms with Crippen molar-refractivity contribution in [3.63, 3.8) is 0 Å². The molecule has 1 aliphatic heterocycles. The molecule has 1 amide bonds. The fourth-order valence-electron chi connectivity index (χ4n) is 2.91. The average Bonchev–Trinajstić information content (AvgIpc) is 3.07. The third kappa shape index (κ3) is 3.19. The SMILES string of the molecule is Cc1cc(/C=C2/SC(=NC3CCCC3)NC2=O)cc(C)c1O. The molecule has 1 saturated carbocycles. The number of aliphatic imine (C=N–C) groups is 1. The van der Waals surface area contributed by atoms with Crippen LogP contribution in [0.4, 0.5) is 0 Å². The van der Waals surface area contributed by atoms with E-state index in [1.54, 1.807) is 0 Å². The quantitative estimate of drug-likeness (QED) is 0.821. The van der Waals surface area contributed by atoms with Crippen molar-refractivity contribution in [2.45, 2.75) is 45.6 Å². The van der Waals surface area contributed by atoms with E-state index in [2.05, 4.69) is 10.3 Å². The van der Waals surface area contributed by atoms with E-state index < -0.39 is 0 Å². The lowest BCUT2D eigenvalue weighted by atomic mass is 10.1. The number of benzene rings is 1. The summed E-state index contributed by atoms with van der Waals surface area (Å²) in [6.07, 6.45) is 6.56. The van der Waals surface area contributed by atoms with Gasteiger partial charge in [-0.05, 0) is 73.4 Å². The molecule has 0 atom stereocenters. The molecular weight excluding hydrogens is 296 g/mol. The van der Waals surface area contributed by atoms with Crippen LogP contribution in [0.5, 0.6) is 5.75 Å². The molecule has 2 fully saturated rings. The van der Waals surface area contributed by atoms with Gasteiger partial charge in [0, 0.05) is 0 Å². The summed E-state index contributed by atoms with van der Waals surface area (Å²) in [5, 5.41) is 13.4. The summed E-state index contributed by atoms with van der Waals surface area (Å²) in [7, 11) is 0. The summed E-state index contributed by atoms with van der Waals surface area (Å²) in [6, 6.07) is 4.13. The Hall–Kier alpha value is -1.75. The highest BCUT2D eigenvalue weighted by Crippen LogP contribution is 2.30. The van der Waals surface area contributed by atoms with Crippen LogP contribution in [0.1, 0.15) is 42.4 Å². The first kappa shape index (κ1) is 15.2. The number of nitrogens with one attached hydrogen (secondary N) is 1. The van der Waals surface area contributed by atoms with Gasteiger partial charge in [0.2, 0.25) is 0 Å². The summed E-state index contributed by atoms with van der Waals surface area (Å²) < 4.78 is 0. The molecule has 1 aliphatic carbocycles. The van der Waals surface area contributed by atoms with Gasteiger partial charge in [-0.25, -0.2) is 0 Å². The van der Waals surface area contributed by atoms with Crippen molar-refractivity contribution < 1.29 is 9.90 Å². The predicted molar refractivity (Wildman–Crippen MR) is 91.0 cm³/mol. The van der Waals surface area contributed by atoms with E-state index in [1.807, 2.05) is 32.1 Å². The Kier molecular flexibility index (Phi) is 4.25. The number of aromatic hydroxyl groups is 1. The maximum Gasteiger partial charge on any atom is 0.264 e. The van der Waals surface area contributed by atoms with Crippen molar-refractivity contribution in [2.24, 2.45) is 4.99 Å². The van der Waals surface area contributed by atoms with Gasteiger partial charge in [0.05, 0.1) is 10.9 Å². The van der Waals surface area contributed by atoms with Gasteiger partial charge in [0.15, 0.2) is 5.17 Å². The van der Waals surface area contributed by atoms with E-state index in [-0.39, 0.29) is 5.91 Å². The smallest absolute Gasteiger partial charge is 0.264 e. The van der Waals surface area contributed by atoms with Crippen molar-refractivity contribution in [3.05, 3.63) is 33.7 Å². The zero-order valence-corrected chi connectivity index (χ0v) is 13.7. The molecule has 1 heterocycles. The number of carbonyl (C=O) groups is 1. The lowest BCUT2D eigenvalue weighted by Crippen LogP contribution is -2.21. The van der Waals surface area contributed by atoms with E-state index >= 15 is 0 Å². The number of phenols is 1. The van der Waals surface area contributed by atoms with Gasteiger partial charge in [-0.2, -0.15) is 0 Å². The molecule has 0 aromatic heterocycles. The summed E-state index contributed by atoms with van der Waals surface area (Å²) in [5.74, 6) is 0.222. The third-order valence-electron chi connectivity index (χ3n) is 4.09. The number of rotatable bonds is 2. The standard InChI is InChI=1S/C17H20N2O2S/c1-10-7-12(8-11(2)15(10)20)9-14-16(21)19-17(22-14)18-13-5-3-4-6-13/h7-9,13,20H,3-6H2,1-2H3,(H,18,19,21)/b14-9+. The number of hydrogen-bond donors (Lipinski definition) is 2. The van der Waals surface area contributed by atoms with Gasteiger partial charge in [0.25, 0.3) is 5.91 Å². The van der Waals surface area contributed by atoms with Crippen LogP contribution in [-0.2, 0) is 4.79 Å². The number of amides is 1. The Bertz CT molecular complexity index is 650. The monoisotopic (exact) mass is 316 g/mol. The average molecular weight is 316 g/mol. The molecule has 2 N–H and O–H groups in total. The second-order valence-corrected chi connectivity index (χ2v) is 6.97. The van der Waals surface area contributed by atoms with E-state index in [0.29, 0.717) is 16.7 Å². The van der Waals surface area contributed by atoms with Crippen molar-refractivity contribution in [3.8, 4) is 5.75 Å². The Morgan fingerprint density at radius 2 is 1.91 bits per heavy atom. The van der Waals surface area contributed by atoms with Gasteiger partial charge in [-0.15, -0.1) is 0 Å². The summed E-state index contributed by atoms with van der Waals surface area (Å²) in [5.41, 5.74) is 2.55. The number of hydrogen-bond acceptors (Lipinski definition) is 4. The lowest BCUT2D eigenvalue weighted by molar-refractivity contribution is -0.115. The van der Waals surface area contributed by atoms with Crippen LogP contribution in [0.2, 0.25) is 0 Å². The molecule has 0 unspecified atom stereocenters. The molecule has 5 heteroatoms. The third-order valence-corrected chi connectivity index (χ3v) is 5.01. The van der Waals surface area contributed by atoms with Crippen LogP contribution in [0.15, 0.2) is 22.0 Å². The van der Waals surface area contributed by atoms with Crippen LogP contribution >= 0.6 is 11.8 Å². The van der Waals surface area contributed by atoms with E-state index in [1.165, 1.54) is 24.6 Å². The largest absolute Gasteiger partial charge is 0.507 e. The zero-order chi connectivity index (χ0) is 15.7. The van der Waals surface area contributed by atoms with Gasteiger partial charge in [-0.1, -0.05) is 12.8 Å². The molecule has 0 radical (unpaired) electrons. The molecular formula is C17H20N2O2S. The highest BCUT2D eigenvalue weighted by molar-refractivity contribution is 8.18. The van der Waals surface area contributed by atoms with Crippen LogP contribution in [-0.4, -0.2) is 22.2 Å². The fourth-order valence-corrected chi connectivity index (χ4v) is 3.80. The Balaban J connectivity index is 1.81. The molecule has 0 spiro atoms. The first-order valence-corrected chi connectivity index (χ1v) is 8.43. The lowest BCUT2D eigenvalue weighted by Gasteiger charge is -2.05. The Morgan fingerprint density at radius 1 is 1.27 bits per heavy atom. The molecule has 22 heavy (non-hydrogen) atoms. The maximum absolute atomic E-state index is 12.1. The number of aryl methyl sites for hydroxylation is 2. The summed E-state index contributed by atoms with van der Waals surface area (Å²) in [4.78, 5) is 17.4. The minimum Gasteiger partial charge on any atom is -0.507 e. The number of amidine groups is 1. The highest BCUT2D eigenvalue weighted by Gasteiger charge is 2.25. The second kappa shape index (κ2) is 6.16. The normalized spacial score (nSPS) is 22.7. The van der Waals surface area contributed by atoms with E-state index in [9.17, 15) is 9.90 Å². The molecule has 116 valence electrons. The predicted octanol–water partition coefficient (Wildman–Crippen LogP) is 3.51. The molecule has 2 aliphatic rings. The fraction of sp³-hybridized carbons (Fsp3) is 0.412. The van der Waals surface area contributed by atoms with Crippen molar-refractivity contribution in [1.29, 1.82) is 0 Å². The van der Waals surface area contributed by atoms with E-state index in [4.69, 9.17) is 0 Å². The van der Waals surface area contributed by atoms with Gasteiger partial charge in [0.1, 0.15) is 5.75 Å². The molecule has 4 nitrogen and oxygen atoms in total. The molecule has 1 aromatic carbocycles.